The lowest BCUT2D eigenvalue weighted by Crippen LogP contribution is -2.03. The first kappa shape index (κ1) is 17.3. The molecule has 7 heteroatoms. The molecule has 1 aromatic heterocycles. The van der Waals surface area contributed by atoms with Gasteiger partial charge in [-0.1, -0.05) is 11.3 Å². The third-order valence-corrected chi connectivity index (χ3v) is 3.65. The molecular weight excluding hydrogens is 312 g/mol. The van der Waals surface area contributed by atoms with Gasteiger partial charge in [-0.2, -0.15) is 0 Å². The third kappa shape index (κ3) is 4.34. The Labute approximate surface area is 133 Å². The van der Waals surface area contributed by atoms with E-state index in [2.05, 4.69) is 10.3 Å². The van der Waals surface area contributed by atoms with E-state index in [1.165, 1.54) is 11.3 Å². The Kier molecular flexibility index (Phi) is 6.45. The van der Waals surface area contributed by atoms with Gasteiger partial charge < -0.3 is 14.8 Å². The first-order chi connectivity index (χ1) is 9.63. The number of hydrogen-bond donors (Lipinski definition) is 1. The molecule has 0 radical (unpaired) electrons. The minimum Gasteiger partial charge on any atom is -0.497 e. The van der Waals surface area contributed by atoms with E-state index in [1.807, 2.05) is 24.3 Å². The lowest BCUT2D eigenvalue weighted by Gasteiger charge is -2.03. The number of benzene rings is 1. The second kappa shape index (κ2) is 7.85. The van der Waals surface area contributed by atoms with Gasteiger partial charge in [0.15, 0.2) is 5.13 Å². The van der Waals surface area contributed by atoms with Crippen LogP contribution in [0.2, 0.25) is 0 Å². The maximum Gasteiger partial charge on any atom is 0.350 e. The molecule has 0 unspecified atom stereocenters. The molecule has 0 atom stereocenters. The van der Waals surface area contributed by atoms with Crippen molar-refractivity contribution in [3.8, 4) is 5.75 Å². The number of nitrogens with one attached hydrogen (secondary N) is 1. The number of carbonyl (C=O) groups is 1. The van der Waals surface area contributed by atoms with Crippen molar-refractivity contribution in [2.75, 3.05) is 19.0 Å². The highest BCUT2D eigenvalue weighted by molar-refractivity contribution is 7.17. The average Bonchev–Trinajstić information content (AvgIpc) is 2.81. The summed E-state index contributed by atoms with van der Waals surface area (Å²) in [6.07, 6.45) is 0. The van der Waals surface area contributed by atoms with Crippen LogP contribution < -0.4 is 10.1 Å². The number of rotatable bonds is 5. The molecule has 0 aliphatic rings. The highest BCUT2D eigenvalue weighted by Gasteiger charge is 2.16. The molecule has 114 valence electrons. The van der Waals surface area contributed by atoms with Crippen LogP contribution in [0.15, 0.2) is 24.3 Å². The Morgan fingerprint density at radius 1 is 1.33 bits per heavy atom. The smallest absolute Gasteiger partial charge is 0.350 e. The molecule has 21 heavy (non-hydrogen) atoms. The standard InChI is InChI=1S/C14H16N2O3S.ClH/c1-4-19-13(17)12-9(2)15-14(20-12)16-10-5-7-11(18-3)8-6-10;/h5-8H,4H2,1-3H3,(H,15,16);1H. The largest absolute Gasteiger partial charge is 0.497 e. The summed E-state index contributed by atoms with van der Waals surface area (Å²) >= 11 is 1.28. The van der Waals surface area contributed by atoms with Crippen LogP contribution in [0.3, 0.4) is 0 Å². The molecule has 2 aromatic rings. The zero-order chi connectivity index (χ0) is 14.5. The fraction of sp³-hybridized carbons (Fsp3) is 0.286. The molecule has 0 spiro atoms. The average molecular weight is 329 g/mol. The van der Waals surface area contributed by atoms with Gasteiger partial charge in [0.2, 0.25) is 0 Å². The topological polar surface area (TPSA) is 60.5 Å². The number of anilines is 2. The normalized spacial score (nSPS) is 9.67. The molecule has 0 bridgehead atoms. The zero-order valence-electron chi connectivity index (χ0n) is 12.0. The van der Waals surface area contributed by atoms with Crippen molar-refractivity contribution in [1.29, 1.82) is 0 Å². The Hall–Kier alpha value is -1.79. The van der Waals surface area contributed by atoms with E-state index in [4.69, 9.17) is 9.47 Å². The van der Waals surface area contributed by atoms with Gasteiger partial charge in [0.05, 0.1) is 19.4 Å². The number of halogens is 1. The first-order valence-electron chi connectivity index (χ1n) is 6.19. The van der Waals surface area contributed by atoms with Crippen molar-refractivity contribution >= 4 is 40.5 Å². The lowest BCUT2D eigenvalue weighted by molar-refractivity contribution is 0.0531. The molecule has 0 amide bonds. The predicted molar refractivity (Wildman–Crippen MR) is 86.3 cm³/mol. The fourth-order valence-corrected chi connectivity index (χ4v) is 2.51. The Balaban J connectivity index is 0.00000220. The van der Waals surface area contributed by atoms with Crippen LogP contribution in [-0.2, 0) is 4.74 Å². The minimum atomic E-state index is -0.328. The van der Waals surface area contributed by atoms with Crippen LogP contribution in [0.4, 0.5) is 10.8 Å². The van der Waals surface area contributed by atoms with Gasteiger partial charge in [0.1, 0.15) is 10.6 Å². The molecule has 0 fully saturated rings. The van der Waals surface area contributed by atoms with E-state index in [9.17, 15) is 4.79 Å². The summed E-state index contributed by atoms with van der Waals surface area (Å²) in [5.41, 5.74) is 1.56. The Bertz CT molecular complexity index is 599. The minimum absolute atomic E-state index is 0. The molecule has 5 nitrogen and oxygen atoms in total. The number of hydrogen-bond acceptors (Lipinski definition) is 6. The van der Waals surface area contributed by atoms with Gasteiger partial charge in [-0.15, -0.1) is 12.4 Å². The van der Waals surface area contributed by atoms with E-state index in [1.54, 1.807) is 21.0 Å². The summed E-state index contributed by atoms with van der Waals surface area (Å²) in [5, 5.41) is 3.82. The number of ether oxygens (including phenoxy) is 2. The van der Waals surface area contributed by atoms with Crippen molar-refractivity contribution in [2.45, 2.75) is 13.8 Å². The second-order valence-corrected chi connectivity index (χ2v) is 5.01. The van der Waals surface area contributed by atoms with Crippen LogP contribution in [0.1, 0.15) is 22.3 Å². The first-order valence-corrected chi connectivity index (χ1v) is 7.01. The van der Waals surface area contributed by atoms with E-state index in [0.717, 1.165) is 11.4 Å². The molecule has 0 aliphatic carbocycles. The van der Waals surface area contributed by atoms with Gasteiger partial charge in [-0.25, -0.2) is 9.78 Å². The summed E-state index contributed by atoms with van der Waals surface area (Å²) < 4.78 is 10.1. The SMILES string of the molecule is CCOC(=O)c1sc(Nc2ccc(OC)cc2)nc1C.Cl. The number of aryl methyl sites for hydroxylation is 1. The van der Waals surface area contributed by atoms with Crippen LogP contribution in [0.5, 0.6) is 5.75 Å². The molecule has 0 aliphatic heterocycles. The highest BCUT2D eigenvalue weighted by atomic mass is 35.5. The van der Waals surface area contributed by atoms with Gasteiger partial charge in [-0.3, -0.25) is 0 Å². The number of thiazole rings is 1. The highest BCUT2D eigenvalue weighted by Crippen LogP contribution is 2.27. The maximum atomic E-state index is 11.7. The molecule has 0 saturated heterocycles. The summed E-state index contributed by atoms with van der Waals surface area (Å²) in [6.45, 7) is 3.93. The zero-order valence-corrected chi connectivity index (χ0v) is 13.6. The second-order valence-electron chi connectivity index (χ2n) is 4.01. The molecule has 1 aromatic carbocycles. The summed E-state index contributed by atoms with van der Waals surface area (Å²) in [5.74, 6) is 0.461. The summed E-state index contributed by atoms with van der Waals surface area (Å²) in [4.78, 5) is 16.6. The summed E-state index contributed by atoms with van der Waals surface area (Å²) in [6, 6.07) is 7.49. The van der Waals surface area contributed by atoms with Crippen molar-refractivity contribution < 1.29 is 14.3 Å². The Morgan fingerprint density at radius 3 is 2.57 bits per heavy atom. The van der Waals surface area contributed by atoms with Crippen molar-refractivity contribution in [1.82, 2.24) is 4.98 Å². The molecule has 1 heterocycles. The fourth-order valence-electron chi connectivity index (χ4n) is 1.63. The number of aromatic nitrogens is 1. The van der Waals surface area contributed by atoms with Crippen molar-refractivity contribution in [3.63, 3.8) is 0 Å². The van der Waals surface area contributed by atoms with E-state index in [-0.39, 0.29) is 18.4 Å². The van der Waals surface area contributed by atoms with Gasteiger partial charge in [0, 0.05) is 5.69 Å². The van der Waals surface area contributed by atoms with E-state index >= 15 is 0 Å². The van der Waals surface area contributed by atoms with E-state index < -0.39 is 0 Å². The van der Waals surface area contributed by atoms with E-state index in [0.29, 0.717) is 22.3 Å². The third-order valence-electron chi connectivity index (χ3n) is 2.60. The van der Waals surface area contributed by atoms with Gasteiger partial charge >= 0.3 is 5.97 Å². The number of esters is 1. The predicted octanol–water partition coefficient (Wildman–Crippen LogP) is 3.80. The molecular formula is C14H17ClN2O3S. The summed E-state index contributed by atoms with van der Waals surface area (Å²) in [7, 11) is 1.62. The number of nitrogens with zero attached hydrogens (tertiary/aromatic N) is 1. The molecule has 0 saturated carbocycles. The Morgan fingerprint density at radius 2 is 2.00 bits per heavy atom. The number of carbonyl (C=O) groups excluding carboxylic acids is 1. The maximum absolute atomic E-state index is 11.7. The van der Waals surface area contributed by atoms with Gasteiger partial charge in [0.25, 0.3) is 0 Å². The lowest BCUT2D eigenvalue weighted by atomic mass is 10.3. The van der Waals surface area contributed by atoms with Crippen LogP contribution in [0, 0.1) is 6.92 Å². The van der Waals surface area contributed by atoms with Crippen LogP contribution >= 0.6 is 23.7 Å². The van der Waals surface area contributed by atoms with Gasteiger partial charge in [-0.05, 0) is 38.1 Å². The monoisotopic (exact) mass is 328 g/mol. The quantitative estimate of drug-likeness (QED) is 0.846. The van der Waals surface area contributed by atoms with Crippen molar-refractivity contribution in [3.05, 3.63) is 34.8 Å². The van der Waals surface area contributed by atoms with Crippen LogP contribution in [0.25, 0.3) is 0 Å². The molecule has 2 rings (SSSR count). The molecule has 1 N–H and O–H groups in total. The number of methoxy groups -OCH3 is 1. The van der Waals surface area contributed by atoms with Crippen LogP contribution in [-0.4, -0.2) is 24.7 Å². The van der Waals surface area contributed by atoms with Crippen molar-refractivity contribution in [2.24, 2.45) is 0 Å².